The molecule has 0 aromatic carbocycles. The van der Waals surface area contributed by atoms with Crippen LogP contribution in [0.25, 0.3) is 0 Å². The summed E-state index contributed by atoms with van der Waals surface area (Å²) in [6.45, 7) is 2.31. The molecular weight excluding hydrogens is 343 g/mol. The standard InChI is InChI=1S/C12H26O4S.Na.H2O3S/c1-2-3-4-5-6-7-8-9-10-11-12-16-17(13,14)15;;1-4(2)3/h2-12H2,1H3,(H,13,14,15);;(H2,1,2,3)/q;+1;/p-1. The van der Waals surface area contributed by atoms with E-state index in [1.54, 1.807) is 0 Å². The Kier molecular flexibility index (Phi) is 25.2. The fourth-order valence-corrected chi connectivity index (χ4v) is 2.08. The third-order valence-electron chi connectivity index (χ3n) is 2.73. The van der Waals surface area contributed by atoms with Gasteiger partial charge in [0.2, 0.25) is 0 Å². The van der Waals surface area contributed by atoms with E-state index in [9.17, 15) is 8.42 Å². The summed E-state index contributed by atoms with van der Waals surface area (Å²) in [7, 11) is -4.23. The van der Waals surface area contributed by atoms with E-state index >= 15 is 0 Å². The minimum atomic E-state index is -4.23. The van der Waals surface area contributed by atoms with Gasteiger partial charge in [0.15, 0.2) is 0 Å². The van der Waals surface area contributed by atoms with E-state index in [0.717, 1.165) is 12.8 Å². The maximum Gasteiger partial charge on any atom is 1.00 e. The van der Waals surface area contributed by atoms with Crippen LogP contribution in [-0.2, 0) is 25.9 Å². The van der Waals surface area contributed by atoms with E-state index < -0.39 is 21.8 Å². The number of hydrogen-bond acceptors (Lipinski definition) is 5. The van der Waals surface area contributed by atoms with Gasteiger partial charge in [-0.05, 0) is 6.42 Å². The van der Waals surface area contributed by atoms with Crippen molar-refractivity contribution in [2.75, 3.05) is 6.61 Å². The summed E-state index contributed by atoms with van der Waals surface area (Å²) < 4.78 is 57.1. The maximum absolute atomic E-state index is 10.2. The number of unbranched alkanes of at least 4 members (excludes halogenated alkanes) is 9. The molecule has 0 aliphatic heterocycles. The Morgan fingerprint density at radius 3 is 1.59 bits per heavy atom. The van der Waals surface area contributed by atoms with Crippen LogP contribution in [-0.4, -0.2) is 32.9 Å². The molecule has 0 saturated carbocycles. The first kappa shape index (κ1) is 27.8. The summed E-state index contributed by atoms with van der Waals surface area (Å²) in [5.41, 5.74) is 0. The van der Waals surface area contributed by atoms with Crippen molar-refractivity contribution in [3.63, 3.8) is 0 Å². The van der Waals surface area contributed by atoms with Crippen LogP contribution >= 0.6 is 0 Å². The summed E-state index contributed by atoms with van der Waals surface area (Å²) >= 11 is -2.86. The van der Waals surface area contributed by atoms with Crippen molar-refractivity contribution in [3.05, 3.63) is 0 Å². The second kappa shape index (κ2) is 20.0. The summed E-state index contributed by atoms with van der Waals surface area (Å²) in [5.74, 6) is 0. The Labute approximate surface area is 159 Å². The summed E-state index contributed by atoms with van der Waals surface area (Å²) in [6.07, 6.45) is 11.9. The molecule has 0 aromatic rings. The van der Waals surface area contributed by atoms with Gasteiger partial charge in [0, 0.05) is 0 Å². The first-order valence-corrected chi connectivity index (χ1v) is 9.59. The average Bonchev–Trinajstić information content (AvgIpc) is 2.34. The topological polar surface area (TPSA) is 124 Å². The first-order valence-electron chi connectivity index (χ1n) is 7.19. The summed E-state index contributed by atoms with van der Waals surface area (Å²) in [5, 5.41) is 0. The molecule has 1 atom stereocenters. The molecule has 0 saturated heterocycles. The van der Waals surface area contributed by atoms with Gasteiger partial charge < -0.3 is 9.11 Å². The predicted molar refractivity (Wildman–Crippen MR) is 80.9 cm³/mol. The predicted octanol–water partition coefficient (Wildman–Crippen LogP) is 0.0692. The minimum absolute atomic E-state index is 0. The summed E-state index contributed by atoms with van der Waals surface area (Å²) in [4.78, 5) is 0. The monoisotopic (exact) mass is 370 g/mol. The molecule has 10 heteroatoms. The van der Waals surface area contributed by atoms with Gasteiger partial charge >= 0.3 is 40.0 Å². The van der Waals surface area contributed by atoms with Crippen LogP contribution in [0.5, 0.6) is 0 Å². The van der Waals surface area contributed by atoms with Crippen LogP contribution in [0.4, 0.5) is 0 Å². The normalized spacial score (nSPS) is 12.0. The van der Waals surface area contributed by atoms with Crippen molar-refractivity contribution in [3.8, 4) is 0 Å². The van der Waals surface area contributed by atoms with Crippen molar-refractivity contribution in [1.82, 2.24) is 0 Å². The van der Waals surface area contributed by atoms with E-state index in [1.807, 2.05) is 0 Å². The quantitative estimate of drug-likeness (QED) is 0.216. The molecule has 2 N–H and O–H groups in total. The second-order valence-electron chi connectivity index (χ2n) is 4.65. The van der Waals surface area contributed by atoms with Gasteiger partial charge in [-0.3, -0.25) is 4.55 Å². The molecule has 0 radical (unpaired) electrons. The van der Waals surface area contributed by atoms with Crippen molar-refractivity contribution >= 4 is 21.8 Å². The maximum atomic E-state index is 10.2. The van der Waals surface area contributed by atoms with Crippen LogP contribution < -0.4 is 29.6 Å². The van der Waals surface area contributed by atoms with Gasteiger partial charge in [-0.1, -0.05) is 64.7 Å². The van der Waals surface area contributed by atoms with Gasteiger partial charge in [0.1, 0.15) is 0 Å². The first-order chi connectivity index (χ1) is 9.79. The SMILES string of the molecule is CCCCCCCCCCCCOS(=O)(=O)O.O=S([O-])O.[Na+]. The molecule has 0 fully saturated rings. The van der Waals surface area contributed by atoms with Crippen LogP contribution in [0.15, 0.2) is 0 Å². The summed E-state index contributed by atoms with van der Waals surface area (Å²) in [6, 6.07) is 0. The van der Waals surface area contributed by atoms with Crippen molar-refractivity contribution in [2.24, 2.45) is 0 Å². The Morgan fingerprint density at radius 1 is 0.955 bits per heavy atom. The van der Waals surface area contributed by atoms with Gasteiger partial charge in [0.05, 0.1) is 18.0 Å². The molecule has 0 bridgehead atoms. The van der Waals surface area contributed by atoms with E-state index in [4.69, 9.17) is 17.9 Å². The average molecular weight is 370 g/mol. The Hall–Kier alpha value is 0.940. The van der Waals surface area contributed by atoms with E-state index in [-0.39, 0.29) is 36.2 Å². The zero-order chi connectivity index (χ0) is 16.6. The smallest absolute Gasteiger partial charge is 0.750 e. The fraction of sp³-hybridized carbons (Fsp3) is 1.00. The zero-order valence-corrected chi connectivity index (χ0v) is 17.2. The van der Waals surface area contributed by atoms with Gasteiger partial charge in [0.25, 0.3) is 0 Å². The molecule has 1 unspecified atom stereocenters. The zero-order valence-electron chi connectivity index (χ0n) is 13.5. The molecule has 7 nitrogen and oxygen atoms in total. The molecule has 0 aliphatic carbocycles. The Bertz CT molecular complexity index is 332. The third-order valence-corrected chi connectivity index (χ3v) is 3.19. The molecule has 0 heterocycles. The third kappa shape index (κ3) is 37.3. The molecule has 22 heavy (non-hydrogen) atoms. The number of hydrogen-bond donors (Lipinski definition) is 2. The fourth-order valence-electron chi connectivity index (χ4n) is 1.75. The van der Waals surface area contributed by atoms with Crippen molar-refractivity contribution < 1.29 is 60.0 Å². The minimum Gasteiger partial charge on any atom is -0.750 e. The van der Waals surface area contributed by atoms with Crippen LogP contribution in [0.2, 0.25) is 0 Å². The molecule has 0 spiro atoms. The molecular formula is C12H27NaO7S2. The van der Waals surface area contributed by atoms with Crippen LogP contribution in [0.3, 0.4) is 0 Å². The van der Waals surface area contributed by atoms with E-state index in [2.05, 4.69) is 11.1 Å². The van der Waals surface area contributed by atoms with Crippen LogP contribution in [0, 0.1) is 0 Å². The molecule has 0 amide bonds. The van der Waals surface area contributed by atoms with Crippen LogP contribution in [0.1, 0.15) is 71.1 Å². The molecule has 0 aromatic heterocycles. The largest absolute Gasteiger partial charge is 1.00 e. The van der Waals surface area contributed by atoms with E-state index in [1.165, 1.54) is 44.9 Å². The Morgan fingerprint density at radius 2 is 1.27 bits per heavy atom. The number of rotatable bonds is 12. The van der Waals surface area contributed by atoms with Crippen molar-refractivity contribution in [1.29, 1.82) is 0 Å². The second-order valence-corrected chi connectivity index (χ2v) is 6.17. The van der Waals surface area contributed by atoms with E-state index in [0.29, 0.717) is 6.42 Å². The van der Waals surface area contributed by atoms with Gasteiger partial charge in [-0.25, -0.2) is 8.39 Å². The van der Waals surface area contributed by atoms with Crippen molar-refractivity contribution in [2.45, 2.75) is 71.1 Å². The van der Waals surface area contributed by atoms with Gasteiger partial charge in [-0.2, -0.15) is 8.42 Å². The van der Waals surface area contributed by atoms with Gasteiger partial charge in [-0.15, -0.1) is 0 Å². The molecule has 0 rings (SSSR count). The molecule has 0 aliphatic rings. The Balaban J connectivity index is -0.000000640. The molecule has 130 valence electrons.